The summed E-state index contributed by atoms with van der Waals surface area (Å²) in [7, 11) is 1.77. The van der Waals surface area contributed by atoms with Crippen molar-refractivity contribution in [3.8, 4) is 11.3 Å². The lowest BCUT2D eigenvalue weighted by Gasteiger charge is -1.90. The van der Waals surface area contributed by atoms with Gasteiger partial charge in [0.1, 0.15) is 23.8 Å². The van der Waals surface area contributed by atoms with Crippen LogP contribution >= 0.6 is 0 Å². The molecule has 0 bridgehead atoms. The second kappa shape index (κ2) is 3.41. The number of anilines is 1. The highest BCUT2D eigenvalue weighted by Gasteiger charge is 2.11. The minimum Gasteiger partial charge on any atom is -0.464 e. The quantitative estimate of drug-likeness (QED) is 0.712. The van der Waals surface area contributed by atoms with Gasteiger partial charge in [0.15, 0.2) is 0 Å². The van der Waals surface area contributed by atoms with E-state index < -0.39 is 0 Å². The van der Waals surface area contributed by atoms with E-state index in [2.05, 4.69) is 10.3 Å². The Balaban J connectivity index is 2.18. The van der Waals surface area contributed by atoms with E-state index in [1.807, 2.05) is 24.3 Å². The third kappa shape index (κ3) is 1.27. The molecule has 0 aliphatic rings. The SMILES string of the molecule is CNc1nc(-c2coc3ccccc23)co1. The molecular formula is C12H10N2O2. The Bertz CT molecular complexity index is 625. The number of hydrogen-bond donors (Lipinski definition) is 1. The van der Waals surface area contributed by atoms with Crippen molar-refractivity contribution < 1.29 is 8.83 Å². The number of benzene rings is 1. The van der Waals surface area contributed by atoms with Gasteiger partial charge in [0.25, 0.3) is 6.01 Å². The molecule has 0 aliphatic heterocycles. The van der Waals surface area contributed by atoms with E-state index in [9.17, 15) is 0 Å². The van der Waals surface area contributed by atoms with Crippen molar-refractivity contribution in [2.24, 2.45) is 0 Å². The minimum absolute atomic E-state index is 0.500. The van der Waals surface area contributed by atoms with Crippen molar-refractivity contribution in [2.45, 2.75) is 0 Å². The van der Waals surface area contributed by atoms with Crippen LogP contribution in [0, 0.1) is 0 Å². The molecule has 3 aromatic rings. The summed E-state index contributed by atoms with van der Waals surface area (Å²) in [4.78, 5) is 4.28. The first-order valence-electron chi connectivity index (χ1n) is 4.98. The molecule has 3 rings (SSSR count). The second-order valence-electron chi connectivity index (χ2n) is 3.43. The second-order valence-corrected chi connectivity index (χ2v) is 3.43. The highest BCUT2D eigenvalue weighted by atomic mass is 16.4. The van der Waals surface area contributed by atoms with Crippen LogP contribution < -0.4 is 5.32 Å². The highest BCUT2D eigenvalue weighted by molar-refractivity contribution is 5.92. The third-order valence-electron chi connectivity index (χ3n) is 2.47. The average Bonchev–Trinajstić information content (AvgIpc) is 2.94. The monoisotopic (exact) mass is 214 g/mol. The summed E-state index contributed by atoms with van der Waals surface area (Å²) < 4.78 is 10.7. The highest BCUT2D eigenvalue weighted by Crippen LogP contribution is 2.30. The van der Waals surface area contributed by atoms with Gasteiger partial charge in [-0.3, -0.25) is 0 Å². The first kappa shape index (κ1) is 9.03. The predicted octanol–water partition coefficient (Wildman–Crippen LogP) is 3.13. The van der Waals surface area contributed by atoms with Crippen LogP contribution in [-0.4, -0.2) is 12.0 Å². The Morgan fingerprint density at radius 1 is 1.12 bits per heavy atom. The lowest BCUT2D eigenvalue weighted by molar-refractivity contribution is 0.576. The number of nitrogens with one attached hydrogen (secondary N) is 1. The summed E-state index contributed by atoms with van der Waals surface area (Å²) in [5, 5.41) is 3.89. The van der Waals surface area contributed by atoms with E-state index in [1.165, 1.54) is 0 Å². The number of nitrogens with zero attached hydrogens (tertiary/aromatic N) is 1. The standard InChI is InChI=1S/C12H10N2O2/c1-13-12-14-10(7-16-12)9-6-15-11-5-3-2-4-8(9)11/h2-7H,1H3,(H,13,14). The van der Waals surface area contributed by atoms with Crippen molar-refractivity contribution in [2.75, 3.05) is 12.4 Å². The fourth-order valence-electron chi connectivity index (χ4n) is 1.69. The smallest absolute Gasteiger partial charge is 0.294 e. The van der Waals surface area contributed by atoms with Crippen molar-refractivity contribution in [1.29, 1.82) is 0 Å². The molecule has 1 N–H and O–H groups in total. The number of para-hydroxylation sites is 1. The van der Waals surface area contributed by atoms with Crippen LogP contribution in [0.5, 0.6) is 0 Å². The minimum atomic E-state index is 0.500. The van der Waals surface area contributed by atoms with Crippen LogP contribution in [0.15, 0.2) is 45.6 Å². The van der Waals surface area contributed by atoms with Crippen LogP contribution in [0.2, 0.25) is 0 Å². The largest absolute Gasteiger partial charge is 0.464 e. The Morgan fingerprint density at radius 2 is 2.00 bits per heavy atom. The normalized spacial score (nSPS) is 10.8. The summed E-state index contributed by atoms with van der Waals surface area (Å²) in [6.45, 7) is 0. The van der Waals surface area contributed by atoms with E-state index >= 15 is 0 Å². The molecule has 2 heterocycles. The number of rotatable bonds is 2. The zero-order valence-corrected chi connectivity index (χ0v) is 8.73. The summed E-state index contributed by atoms with van der Waals surface area (Å²) >= 11 is 0. The molecule has 4 nitrogen and oxygen atoms in total. The number of furan rings is 1. The van der Waals surface area contributed by atoms with Gasteiger partial charge in [-0.2, -0.15) is 4.98 Å². The van der Waals surface area contributed by atoms with Gasteiger partial charge in [0.2, 0.25) is 0 Å². The molecule has 1 aromatic carbocycles. The molecule has 0 unspecified atom stereocenters. The van der Waals surface area contributed by atoms with E-state index in [-0.39, 0.29) is 0 Å². The Labute approximate surface area is 91.9 Å². The molecule has 16 heavy (non-hydrogen) atoms. The zero-order valence-electron chi connectivity index (χ0n) is 8.73. The molecule has 2 aromatic heterocycles. The summed E-state index contributed by atoms with van der Waals surface area (Å²) in [6, 6.07) is 8.35. The Morgan fingerprint density at radius 3 is 2.81 bits per heavy atom. The van der Waals surface area contributed by atoms with Crippen molar-refractivity contribution in [3.63, 3.8) is 0 Å². The molecule has 0 spiro atoms. The van der Waals surface area contributed by atoms with Crippen molar-refractivity contribution in [3.05, 3.63) is 36.8 Å². The molecule has 80 valence electrons. The molecule has 4 heteroatoms. The average molecular weight is 214 g/mol. The molecule has 0 saturated heterocycles. The topological polar surface area (TPSA) is 51.2 Å². The van der Waals surface area contributed by atoms with Crippen LogP contribution in [0.25, 0.3) is 22.2 Å². The first-order chi connectivity index (χ1) is 7.88. The maximum absolute atomic E-state index is 5.44. The third-order valence-corrected chi connectivity index (χ3v) is 2.47. The Kier molecular flexibility index (Phi) is 1.93. The molecular weight excluding hydrogens is 204 g/mol. The summed E-state index contributed by atoms with van der Waals surface area (Å²) in [5.41, 5.74) is 2.57. The van der Waals surface area contributed by atoms with Gasteiger partial charge < -0.3 is 14.2 Å². The number of aromatic nitrogens is 1. The summed E-state index contributed by atoms with van der Waals surface area (Å²) in [5.74, 6) is 0. The molecule has 0 saturated carbocycles. The van der Waals surface area contributed by atoms with Crippen LogP contribution in [-0.2, 0) is 0 Å². The molecule has 0 fully saturated rings. The van der Waals surface area contributed by atoms with Crippen molar-refractivity contribution in [1.82, 2.24) is 4.98 Å². The van der Waals surface area contributed by atoms with E-state index in [4.69, 9.17) is 8.83 Å². The fourth-order valence-corrected chi connectivity index (χ4v) is 1.69. The van der Waals surface area contributed by atoms with E-state index in [0.29, 0.717) is 6.01 Å². The fraction of sp³-hybridized carbons (Fsp3) is 0.0833. The van der Waals surface area contributed by atoms with E-state index in [1.54, 1.807) is 19.6 Å². The van der Waals surface area contributed by atoms with Gasteiger partial charge >= 0.3 is 0 Å². The van der Waals surface area contributed by atoms with Gasteiger partial charge in [-0.05, 0) is 6.07 Å². The van der Waals surface area contributed by atoms with Gasteiger partial charge in [-0.1, -0.05) is 18.2 Å². The first-order valence-corrected chi connectivity index (χ1v) is 4.98. The molecule has 0 amide bonds. The predicted molar refractivity (Wildman–Crippen MR) is 61.3 cm³/mol. The lowest BCUT2D eigenvalue weighted by Crippen LogP contribution is -1.86. The number of oxazole rings is 1. The maximum Gasteiger partial charge on any atom is 0.294 e. The van der Waals surface area contributed by atoms with Crippen molar-refractivity contribution >= 4 is 17.0 Å². The summed E-state index contributed by atoms with van der Waals surface area (Å²) in [6.07, 6.45) is 3.31. The van der Waals surface area contributed by atoms with Crippen LogP contribution in [0.4, 0.5) is 6.01 Å². The number of fused-ring (bicyclic) bond motifs is 1. The van der Waals surface area contributed by atoms with Crippen LogP contribution in [0.3, 0.4) is 0 Å². The Hall–Kier alpha value is -2.23. The lowest BCUT2D eigenvalue weighted by atomic mass is 10.1. The molecule has 0 aliphatic carbocycles. The van der Waals surface area contributed by atoms with Crippen LogP contribution in [0.1, 0.15) is 0 Å². The molecule has 0 radical (unpaired) electrons. The molecule has 0 atom stereocenters. The van der Waals surface area contributed by atoms with Gasteiger partial charge in [-0.25, -0.2) is 0 Å². The van der Waals surface area contributed by atoms with E-state index in [0.717, 1.165) is 22.2 Å². The number of hydrogen-bond acceptors (Lipinski definition) is 4. The van der Waals surface area contributed by atoms with Gasteiger partial charge in [0, 0.05) is 18.0 Å². The van der Waals surface area contributed by atoms with Gasteiger partial charge in [0.05, 0.1) is 0 Å². The maximum atomic E-state index is 5.44. The zero-order chi connectivity index (χ0) is 11.0. The van der Waals surface area contributed by atoms with Gasteiger partial charge in [-0.15, -0.1) is 0 Å².